The van der Waals surface area contributed by atoms with Crippen LogP contribution in [0, 0.1) is 0 Å². The van der Waals surface area contributed by atoms with E-state index in [2.05, 4.69) is 15.9 Å². The predicted octanol–water partition coefficient (Wildman–Crippen LogP) is 2.89. The van der Waals surface area contributed by atoms with Crippen molar-refractivity contribution in [2.24, 2.45) is 0 Å². The van der Waals surface area contributed by atoms with Crippen LogP contribution in [0.3, 0.4) is 0 Å². The molecule has 1 saturated heterocycles. The fourth-order valence-electron chi connectivity index (χ4n) is 1.97. The quantitative estimate of drug-likeness (QED) is 0.867. The Bertz CT molecular complexity index is 407. The van der Waals surface area contributed by atoms with Gasteiger partial charge in [0.1, 0.15) is 0 Å². The largest absolute Gasteiger partial charge is 0.465 e. The number of hydrogen-bond acceptors (Lipinski definition) is 2. The highest BCUT2D eigenvalue weighted by Crippen LogP contribution is 2.27. The maximum atomic E-state index is 11.2. The molecule has 1 fully saturated rings. The smallest absolute Gasteiger partial charge is 0.407 e. The maximum Gasteiger partial charge on any atom is 0.407 e. The molecular formula is C12H14BrNO3. The minimum atomic E-state index is -0.895. The van der Waals surface area contributed by atoms with Crippen molar-refractivity contribution in [3.8, 4) is 0 Å². The molecule has 0 aliphatic carbocycles. The SMILES string of the molecule is C[C@@H]1CN(C(=O)O)[C@@H](c2ccc(Br)cc2)CO1. The van der Waals surface area contributed by atoms with Gasteiger partial charge < -0.3 is 9.84 Å². The Balaban J connectivity index is 2.23. The normalized spacial score (nSPS) is 24.7. The summed E-state index contributed by atoms with van der Waals surface area (Å²) in [5, 5.41) is 9.20. The van der Waals surface area contributed by atoms with E-state index in [0.29, 0.717) is 13.2 Å². The van der Waals surface area contributed by atoms with Crippen molar-refractivity contribution in [1.29, 1.82) is 0 Å². The summed E-state index contributed by atoms with van der Waals surface area (Å²) < 4.78 is 6.52. The molecule has 0 aromatic heterocycles. The van der Waals surface area contributed by atoms with Gasteiger partial charge in [-0.15, -0.1) is 0 Å². The number of rotatable bonds is 1. The Morgan fingerprint density at radius 2 is 2.12 bits per heavy atom. The molecule has 0 spiro atoms. The van der Waals surface area contributed by atoms with Crippen LogP contribution in [0.1, 0.15) is 18.5 Å². The average Bonchev–Trinajstić information content (AvgIpc) is 2.30. The number of carbonyl (C=O) groups is 1. The van der Waals surface area contributed by atoms with Crippen molar-refractivity contribution in [2.75, 3.05) is 13.2 Å². The molecule has 2 rings (SSSR count). The van der Waals surface area contributed by atoms with Crippen LogP contribution < -0.4 is 0 Å². The van der Waals surface area contributed by atoms with Gasteiger partial charge in [0.25, 0.3) is 0 Å². The van der Waals surface area contributed by atoms with Crippen molar-refractivity contribution >= 4 is 22.0 Å². The number of hydrogen-bond donors (Lipinski definition) is 1. The molecule has 1 heterocycles. The van der Waals surface area contributed by atoms with Gasteiger partial charge in [0.2, 0.25) is 0 Å². The van der Waals surface area contributed by atoms with Crippen molar-refractivity contribution in [1.82, 2.24) is 4.90 Å². The summed E-state index contributed by atoms with van der Waals surface area (Å²) in [7, 11) is 0. The summed E-state index contributed by atoms with van der Waals surface area (Å²) >= 11 is 3.36. The number of ether oxygens (including phenoxy) is 1. The zero-order valence-corrected chi connectivity index (χ0v) is 11.1. The van der Waals surface area contributed by atoms with Crippen LogP contribution in [0.15, 0.2) is 28.7 Å². The lowest BCUT2D eigenvalue weighted by Gasteiger charge is -2.37. The second-order valence-electron chi connectivity index (χ2n) is 4.15. The third-order valence-corrected chi connectivity index (χ3v) is 3.40. The first-order chi connectivity index (χ1) is 8.08. The van der Waals surface area contributed by atoms with E-state index < -0.39 is 6.09 Å². The molecule has 1 aromatic carbocycles. The van der Waals surface area contributed by atoms with Crippen molar-refractivity contribution in [3.05, 3.63) is 34.3 Å². The number of benzene rings is 1. The van der Waals surface area contributed by atoms with E-state index in [4.69, 9.17) is 4.74 Å². The summed E-state index contributed by atoms with van der Waals surface area (Å²) in [5.41, 5.74) is 0.961. The second kappa shape index (κ2) is 5.06. The number of carboxylic acid groups (broad SMARTS) is 1. The highest BCUT2D eigenvalue weighted by molar-refractivity contribution is 9.10. The Morgan fingerprint density at radius 3 is 2.71 bits per heavy atom. The molecule has 1 N–H and O–H groups in total. The third kappa shape index (κ3) is 2.79. The van der Waals surface area contributed by atoms with Crippen LogP contribution in [0.5, 0.6) is 0 Å². The van der Waals surface area contributed by atoms with Gasteiger partial charge in [-0.2, -0.15) is 0 Å². The molecule has 1 aliphatic rings. The molecule has 0 saturated carbocycles. The standard InChI is InChI=1S/C12H14BrNO3/c1-8-6-14(12(15)16)11(7-17-8)9-2-4-10(13)5-3-9/h2-5,8,11H,6-7H2,1H3,(H,15,16)/t8-,11-/m1/s1. The van der Waals surface area contributed by atoms with Crippen molar-refractivity contribution < 1.29 is 14.6 Å². The predicted molar refractivity (Wildman–Crippen MR) is 67.0 cm³/mol. The number of morpholine rings is 1. The van der Waals surface area contributed by atoms with Gasteiger partial charge in [-0.1, -0.05) is 28.1 Å². The Labute approximate surface area is 108 Å². The number of halogens is 1. The molecule has 0 bridgehead atoms. The van der Waals surface area contributed by atoms with Gasteiger partial charge in [-0.05, 0) is 24.6 Å². The lowest BCUT2D eigenvalue weighted by Crippen LogP contribution is -2.46. The fourth-order valence-corrected chi connectivity index (χ4v) is 2.24. The van der Waals surface area contributed by atoms with E-state index >= 15 is 0 Å². The Morgan fingerprint density at radius 1 is 1.47 bits per heavy atom. The molecule has 1 aromatic rings. The van der Waals surface area contributed by atoms with Gasteiger partial charge >= 0.3 is 6.09 Å². The zero-order valence-electron chi connectivity index (χ0n) is 9.47. The van der Waals surface area contributed by atoms with Crippen LogP contribution in [0.4, 0.5) is 4.79 Å². The molecular weight excluding hydrogens is 286 g/mol. The van der Waals surface area contributed by atoms with E-state index in [1.807, 2.05) is 31.2 Å². The van der Waals surface area contributed by atoms with Gasteiger partial charge in [-0.25, -0.2) is 4.79 Å². The van der Waals surface area contributed by atoms with Gasteiger partial charge in [-0.3, -0.25) is 4.90 Å². The molecule has 0 unspecified atom stereocenters. The lowest BCUT2D eigenvalue weighted by atomic mass is 10.0. The molecule has 1 aliphatic heterocycles. The summed E-state index contributed by atoms with van der Waals surface area (Å²) in [6, 6.07) is 7.45. The first kappa shape index (κ1) is 12.4. The summed E-state index contributed by atoms with van der Waals surface area (Å²) in [6.07, 6.45) is -0.939. The summed E-state index contributed by atoms with van der Waals surface area (Å²) in [6.45, 7) is 2.71. The Hall–Kier alpha value is -1.07. The van der Waals surface area contributed by atoms with Crippen molar-refractivity contribution in [2.45, 2.75) is 19.1 Å². The van der Waals surface area contributed by atoms with Crippen molar-refractivity contribution in [3.63, 3.8) is 0 Å². The monoisotopic (exact) mass is 299 g/mol. The minimum Gasteiger partial charge on any atom is -0.465 e. The summed E-state index contributed by atoms with van der Waals surface area (Å²) in [5.74, 6) is 0. The van der Waals surface area contributed by atoms with Crippen LogP contribution in [0.25, 0.3) is 0 Å². The highest BCUT2D eigenvalue weighted by Gasteiger charge is 2.31. The average molecular weight is 300 g/mol. The fraction of sp³-hybridized carbons (Fsp3) is 0.417. The third-order valence-electron chi connectivity index (χ3n) is 2.87. The van der Waals surface area contributed by atoms with E-state index in [9.17, 15) is 9.90 Å². The number of amides is 1. The molecule has 4 nitrogen and oxygen atoms in total. The van der Waals surface area contributed by atoms with Crippen LogP contribution in [-0.4, -0.2) is 35.4 Å². The van der Waals surface area contributed by atoms with Gasteiger partial charge in [0, 0.05) is 4.47 Å². The first-order valence-corrected chi connectivity index (χ1v) is 6.24. The maximum absolute atomic E-state index is 11.2. The molecule has 2 atom stereocenters. The molecule has 17 heavy (non-hydrogen) atoms. The molecule has 5 heteroatoms. The minimum absolute atomic E-state index is 0.0437. The van der Waals surface area contributed by atoms with Crippen LogP contribution >= 0.6 is 15.9 Å². The van der Waals surface area contributed by atoms with Crippen LogP contribution in [-0.2, 0) is 4.74 Å². The highest BCUT2D eigenvalue weighted by atomic mass is 79.9. The zero-order chi connectivity index (χ0) is 12.4. The van der Waals surface area contributed by atoms with Crippen LogP contribution in [0.2, 0.25) is 0 Å². The van der Waals surface area contributed by atoms with E-state index in [0.717, 1.165) is 10.0 Å². The van der Waals surface area contributed by atoms with E-state index in [1.54, 1.807) is 0 Å². The molecule has 1 amide bonds. The molecule has 0 radical (unpaired) electrons. The molecule has 92 valence electrons. The van der Waals surface area contributed by atoms with Gasteiger partial charge in [0.15, 0.2) is 0 Å². The van der Waals surface area contributed by atoms with Gasteiger partial charge in [0.05, 0.1) is 25.3 Å². The topological polar surface area (TPSA) is 49.8 Å². The van der Waals surface area contributed by atoms with E-state index in [1.165, 1.54) is 4.90 Å². The summed E-state index contributed by atoms with van der Waals surface area (Å²) in [4.78, 5) is 12.7. The lowest BCUT2D eigenvalue weighted by molar-refractivity contribution is -0.0465. The second-order valence-corrected chi connectivity index (χ2v) is 5.06. The Kier molecular flexibility index (Phi) is 3.69. The number of nitrogens with zero attached hydrogens (tertiary/aromatic N) is 1. The van der Waals surface area contributed by atoms with E-state index in [-0.39, 0.29) is 12.1 Å². The first-order valence-electron chi connectivity index (χ1n) is 5.44.